The summed E-state index contributed by atoms with van der Waals surface area (Å²) in [5.74, 6) is 0.394. The number of rotatable bonds is 9. The summed E-state index contributed by atoms with van der Waals surface area (Å²) >= 11 is 0. The van der Waals surface area contributed by atoms with E-state index >= 15 is 0 Å². The van der Waals surface area contributed by atoms with Crippen molar-refractivity contribution in [2.24, 2.45) is 5.92 Å². The lowest BCUT2D eigenvalue weighted by molar-refractivity contribution is 0.139. The van der Waals surface area contributed by atoms with Gasteiger partial charge in [0.25, 0.3) is 0 Å². The Bertz CT molecular complexity index is 326. The summed E-state index contributed by atoms with van der Waals surface area (Å²) in [6.45, 7) is 4.51. The SMILES string of the molecule is CNC(c1ccccc1)C(C)CN(CCO)CCO. The van der Waals surface area contributed by atoms with E-state index in [4.69, 9.17) is 10.2 Å². The summed E-state index contributed by atoms with van der Waals surface area (Å²) in [5, 5.41) is 21.5. The fourth-order valence-electron chi connectivity index (χ4n) is 2.53. The highest BCUT2D eigenvalue weighted by atomic mass is 16.3. The lowest BCUT2D eigenvalue weighted by Crippen LogP contribution is -2.37. The molecule has 0 saturated carbocycles. The number of benzene rings is 1. The van der Waals surface area contributed by atoms with Crippen LogP contribution in [0.1, 0.15) is 18.5 Å². The predicted octanol–water partition coefficient (Wildman–Crippen LogP) is 0.870. The van der Waals surface area contributed by atoms with Gasteiger partial charge in [0.15, 0.2) is 0 Å². The Morgan fingerprint density at radius 2 is 1.68 bits per heavy atom. The molecule has 0 fully saturated rings. The van der Waals surface area contributed by atoms with Crippen LogP contribution in [0, 0.1) is 5.92 Å². The van der Waals surface area contributed by atoms with E-state index in [0.29, 0.717) is 19.0 Å². The number of aliphatic hydroxyl groups is 2. The van der Waals surface area contributed by atoms with Crippen molar-refractivity contribution in [3.8, 4) is 0 Å². The first kappa shape index (κ1) is 16.1. The van der Waals surface area contributed by atoms with Gasteiger partial charge in [-0.25, -0.2) is 0 Å². The minimum Gasteiger partial charge on any atom is -0.395 e. The van der Waals surface area contributed by atoms with E-state index in [1.807, 2.05) is 25.2 Å². The second kappa shape index (κ2) is 9.04. The van der Waals surface area contributed by atoms with Crippen LogP contribution in [0.5, 0.6) is 0 Å². The number of nitrogens with one attached hydrogen (secondary N) is 1. The van der Waals surface area contributed by atoms with Crippen molar-refractivity contribution >= 4 is 0 Å². The number of aliphatic hydroxyl groups excluding tert-OH is 2. The van der Waals surface area contributed by atoms with Crippen LogP contribution in [0.4, 0.5) is 0 Å². The Balaban J connectivity index is 2.65. The van der Waals surface area contributed by atoms with Gasteiger partial charge in [0.1, 0.15) is 0 Å². The standard InChI is InChI=1S/C15H26N2O2/c1-13(12-17(8-10-18)9-11-19)15(16-2)14-6-4-3-5-7-14/h3-7,13,15-16,18-19H,8-12H2,1-2H3. The Morgan fingerprint density at radius 1 is 1.11 bits per heavy atom. The van der Waals surface area contributed by atoms with Crippen molar-refractivity contribution in [3.05, 3.63) is 35.9 Å². The lowest BCUT2D eigenvalue weighted by atomic mass is 9.94. The summed E-state index contributed by atoms with van der Waals surface area (Å²) in [4.78, 5) is 2.10. The zero-order valence-electron chi connectivity index (χ0n) is 11.9. The molecule has 4 heteroatoms. The zero-order chi connectivity index (χ0) is 14.1. The summed E-state index contributed by atoms with van der Waals surface area (Å²) in [6, 6.07) is 10.6. The van der Waals surface area contributed by atoms with Gasteiger partial charge < -0.3 is 15.5 Å². The van der Waals surface area contributed by atoms with Crippen LogP contribution in [-0.2, 0) is 0 Å². The van der Waals surface area contributed by atoms with Crippen molar-refractivity contribution in [2.45, 2.75) is 13.0 Å². The Kier molecular flexibility index (Phi) is 7.67. The van der Waals surface area contributed by atoms with E-state index in [0.717, 1.165) is 6.54 Å². The molecular weight excluding hydrogens is 240 g/mol. The maximum absolute atomic E-state index is 9.05. The first-order valence-corrected chi connectivity index (χ1v) is 6.89. The lowest BCUT2D eigenvalue weighted by Gasteiger charge is -2.30. The molecular formula is C15H26N2O2. The fraction of sp³-hybridized carbons (Fsp3) is 0.600. The molecule has 2 atom stereocenters. The molecule has 0 saturated heterocycles. The molecule has 1 aromatic rings. The monoisotopic (exact) mass is 266 g/mol. The van der Waals surface area contributed by atoms with Gasteiger partial charge in [-0.1, -0.05) is 37.3 Å². The van der Waals surface area contributed by atoms with Crippen molar-refractivity contribution in [1.29, 1.82) is 0 Å². The highest BCUT2D eigenvalue weighted by Crippen LogP contribution is 2.22. The maximum atomic E-state index is 9.05. The van der Waals surface area contributed by atoms with Gasteiger partial charge in [-0.05, 0) is 18.5 Å². The largest absolute Gasteiger partial charge is 0.395 e. The van der Waals surface area contributed by atoms with E-state index < -0.39 is 0 Å². The van der Waals surface area contributed by atoms with Gasteiger partial charge in [-0.3, -0.25) is 4.90 Å². The van der Waals surface area contributed by atoms with E-state index in [1.165, 1.54) is 5.56 Å². The van der Waals surface area contributed by atoms with Crippen LogP contribution in [0.25, 0.3) is 0 Å². The molecule has 0 aromatic heterocycles. The Morgan fingerprint density at radius 3 is 2.16 bits per heavy atom. The predicted molar refractivity (Wildman–Crippen MR) is 78.0 cm³/mol. The van der Waals surface area contributed by atoms with Crippen LogP contribution in [-0.4, -0.2) is 55.0 Å². The number of hydrogen-bond donors (Lipinski definition) is 3. The zero-order valence-corrected chi connectivity index (χ0v) is 11.9. The number of hydrogen-bond acceptors (Lipinski definition) is 4. The van der Waals surface area contributed by atoms with Gasteiger partial charge in [0.2, 0.25) is 0 Å². The second-order valence-corrected chi connectivity index (χ2v) is 4.90. The Hall–Kier alpha value is -0.940. The van der Waals surface area contributed by atoms with E-state index in [1.54, 1.807) is 0 Å². The summed E-state index contributed by atoms with van der Waals surface area (Å²) in [6.07, 6.45) is 0. The van der Waals surface area contributed by atoms with Crippen LogP contribution in [0.15, 0.2) is 30.3 Å². The van der Waals surface area contributed by atoms with Gasteiger partial charge in [-0.2, -0.15) is 0 Å². The molecule has 0 aliphatic heterocycles. The van der Waals surface area contributed by atoms with Gasteiger partial charge >= 0.3 is 0 Å². The molecule has 3 N–H and O–H groups in total. The quantitative estimate of drug-likeness (QED) is 0.621. The van der Waals surface area contributed by atoms with Crippen molar-refractivity contribution in [1.82, 2.24) is 10.2 Å². The van der Waals surface area contributed by atoms with Gasteiger partial charge in [0.05, 0.1) is 13.2 Å². The van der Waals surface area contributed by atoms with Crippen LogP contribution >= 0.6 is 0 Å². The fourth-order valence-corrected chi connectivity index (χ4v) is 2.53. The van der Waals surface area contributed by atoms with Crippen LogP contribution < -0.4 is 5.32 Å². The molecule has 0 aliphatic rings. The third-order valence-electron chi connectivity index (χ3n) is 3.42. The van der Waals surface area contributed by atoms with Crippen molar-refractivity contribution < 1.29 is 10.2 Å². The molecule has 0 radical (unpaired) electrons. The third kappa shape index (κ3) is 5.28. The van der Waals surface area contributed by atoms with E-state index in [-0.39, 0.29) is 19.3 Å². The minimum absolute atomic E-state index is 0.127. The van der Waals surface area contributed by atoms with Crippen molar-refractivity contribution in [2.75, 3.05) is 39.9 Å². The smallest absolute Gasteiger partial charge is 0.0558 e. The average molecular weight is 266 g/mol. The van der Waals surface area contributed by atoms with E-state index in [2.05, 4.69) is 29.3 Å². The molecule has 2 unspecified atom stereocenters. The minimum atomic E-state index is 0.127. The first-order chi connectivity index (χ1) is 9.22. The molecule has 0 amide bonds. The maximum Gasteiger partial charge on any atom is 0.0558 e. The van der Waals surface area contributed by atoms with E-state index in [9.17, 15) is 0 Å². The molecule has 0 aliphatic carbocycles. The molecule has 19 heavy (non-hydrogen) atoms. The molecule has 0 spiro atoms. The first-order valence-electron chi connectivity index (χ1n) is 6.89. The van der Waals surface area contributed by atoms with Crippen molar-refractivity contribution in [3.63, 3.8) is 0 Å². The normalized spacial score (nSPS) is 14.6. The summed E-state index contributed by atoms with van der Waals surface area (Å²) in [7, 11) is 1.97. The molecule has 1 rings (SSSR count). The molecule has 4 nitrogen and oxygen atoms in total. The molecule has 1 aromatic carbocycles. The van der Waals surface area contributed by atoms with Crippen LogP contribution in [0.3, 0.4) is 0 Å². The third-order valence-corrected chi connectivity index (χ3v) is 3.42. The average Bonchev–Trinajstić information content (AvgIpc) is 2.41. The summed E-state index contributed by atoms with van der Waals surface area (Å²) < 4.78 is 0. The molecule has 0 heterocycles. The highest BCUT2D eigenvalue weighted by Gasteiger charge is 2.19. The number of nitrogens with zero attached hydrogens (tertiary/aromatic N) is 1. The second-order valence-electron chi connectivity index (χ2n) is 4.90. The molecule has 0 bridgehead atoms. The highest BCUT2D eigenvalue weighted by molar-refractivity contribution is 5.19. The van der Waals surface area contributed by atoms with Gasteiger partial charge in [-0.15, -0.1) is 0 Å². The van der Waals surface area contributed by atoms with Gasteiger partial charge in [0, 0.05) is 25.7 Å². The van der Waals surface area contributed by atoms with Crippen LogP contribution in [0.2, 0.25) is 0 Å². The topological polar surface area (TPSA) is 55.7 Å². The molecule has 108 valence electrons. The Labute approximate surface area is 116 Å². The summed E-state index contributed by atoms with van der Waals surface area (Å²) in [5.41, 5.74) is 1.27.